The maximum Gasteiger partial charge on any atom is 0.275 e. The number of piperidine rings is 1. The number of nitrogens with two attached hydrogens (primary N) is 1. The van der Waals surface area contributed by atoms with Crippen molar-refractivity contribution in [2.75, 3.05) is 13.7 Å². The lowest BCUT2D eigenvalue weighted by molar-refractivity contribution is -0.123. The quantitative estimate of drug-likeness (QED) is 0.702. The molecule has 2 N–H and O–H groups in total. The number of pyridine rings is 1. The largest absolute Gasteiger partial charge is 0.495 e. The molecule has 30 heavy (non-hydrogen) atoms. The van der Waals surface area contributed by atoms with Crippen molar-refractivity contribution < 1.29 is 14.3 Å². The smallest absolute Gasteiger partial charge is 0.275 e. The molecule has 0 aliphatic carbocycles. The van der Waals surface area contributed by atoms with Crippen LogP contribution in [0.3, 0.4) is 0 Å². The molecule has 3 heterocycles. The van der Waals surface area contributed by atoms with Gasteiger partial charge in [0.15, 0.2) is 11.5 Å². The molecule has 0 bridgehead atoms. The van der Waals surface area contributed by atoms with E-state index >= 15 is 0 Å². The van der Waals surface area contributed by atoms with Crippen LogP contribution in [0.15, 0.2) is 54.7 Å². The van der Waals surface area contributed by atoms with Crippen LogP contribution in [-0.2, 0) is 4.79 Å². The van der Waals surface area contributed by atoms with E-state index in [0.29, 0.717) is 24.5 Å². The van der Waals surface area contributed by atoms with Gasteiger partial charge in [0.1, 0.15) is 11.8 Å². The Kier molecular flexibility index (Phi) is 5.47. The number of hydrogen-bond donors (Lipinski definition) is 1. The van der Waals surface area contributed by atoms with Crippen LogP contribution in [0.4, 0.5) is 0 Å². The van der Waals surface area contributed by atoms with E-state index in [4.69, 9.17) is 10.5 Å². The number of carbonyl (C=O) groups excluding carboxylic acids is 2. The first-order chi connectivity index (χ1) is 14.6. The van der Waals surface area contributed by atoms with E-state index < -0.39 is 11.9 Å². The van der Waals surface area contributed by atoms with Crippen molar-refractivity contribution in [3.8, 4) is 22.8 Å². The highest BCUT2D eigenvalue weighted by molar-refractivity contribution is 5.97. The molecular formula is C22H23N5O3. The second-order valence-electron chi connectivity index (χ2n) is 7.16. The molecule has 1 aliphatic heterocycles. The average molecular weight is 405 g/mol. The van der Waals surface area contributed by atoms with Gasteiger partial charge in [0.25, 0.3) is 5.91 Å². The molecule has 4 rings (SSSR count). The Bertz CT molecular complexity index is 1050. The van der Waals surface area contributed by atoms with Crippen molar-refractivity contribution in [1.29, 1.82) is 0 Å². The van der Waals surface area contributed by atoms with Crippen LogP contribution in [0.2, 0.25) is 0 Å². The van der Waals surface area contributed by atoms with E-state index in [9.17, 15) is 9.59 Å². The Labute approximate surface area is 174 Å². The van der Waals surface area contributed by atoms with Gasteiger partial charge in [-0.15, -0.1) is 0 Å². The molecular weight excluding hydrogens is 382 g/mol. The highest BCUT2D eigenvalue weighted by Crippen LogP contribution is 2.26. The van der Waals surface area contributed by atoms with Crippen molar-refractivity contribution in [3.63, 3.8) is 0 Å². The number of ether oxygens (including phenoxy) is 1. The molecule has 1 aliphatic rings. The predicted octanol–water partition coefficient (Wildman–Crippen LogP) is 2.42. The number of carbonyl (C=O) groups is 2. The van der Waals surface area contributed by atoms with Crippen molar-refractivity contribution in [2.45, 2.75) is 25.3 Å². The normalized spacial score (nSPS) is 16.3. The summed E-state index contributed by atoms with van der Waals surface area (Å²) in [6.45, 7) is 0.487. The third-order valence-corrected chi connectivity index (χ3v) is 5.26. The predicted molar refractivity (Wildman–Crippen MR) is 111 cm³/mol. The molecule has 0 saturated carbocycles. The number of hydrogen-bond acceptors (Lipinski definition) is 5. The SMILES string of the molecule is COc1ccc(-n2nc(C(=O)N3CCCCC3C(N)=O)cc2-c2ccccc2)nc1. The van der Waals surface area contributed by atoms with Gasteiger partial charge in [0.05, 0.1) is 19.0 Å². The van der Waals surface area contributed by atoms with Gasteiger partial charge in [-0.3, -0.25) is 9.59 Å². The minimum absolute atomic E-state index is 0.250. The third kappa shape index (κ3) is 3.76. The van der Waals surface area contributed by atoms with Gasteiger partial charge >= 0.3 is 0 Å². The number of methoxy groups -OCH3 is 1. The van der Waals surface area contributed by atoms with E-state index in [1.807, 2.05) is 30.3 Å². The van der Waals surface area contributed by atoms with E-state index in [1.165, 1.54) is 4.90 Å². The summed E-state index contributed by atoms with van der Waals surface area (Å²) in [5.74, 6) is 0.394. The number of primary amides is 1. The van der Waals surface area contributed by atoms with Crippen LogP contribution >= 0.6 is 0 Å². The van der Waals surface area contributed by atoms with Gasteiger partial charge in [-0.05, 0) is 37.5 Å². The van der Waals surface area contributed by atoms with Crippen molar-refractivity contribution in [2.24, 2.45) is 5.73 Å². The lowest BCUT2D eigenvalue weighted by Gasteiger charge is -2.33. The maximum absolute atomic E-state index is 13.2. The molecule has 1 fully saturated rings. The summed E-state index contributed by atoms with van der Waals surface area (Å²) in [6, 6.07) is 14.3. The van der Waals surface area contributed by atoms with Crippen LogP contribution in [-0.4, -0.2) is 51.2 Å². The molecule has 8 nitrogen and oxygen atoms in total. The molecule has 0 spiro atoms. The monoisotopic (exact) mass is 405 g/mol. The third-order valence-electron chi connectivity index (χ3n) is 5.26. The van der Waals surface area contributed by atoms with Crippen molar-refractivity contribution >= 4 is 11.8 Å². The fraction of sp³-hybridized carbons (Fsp3) is 0.273. The summed E-state index contributed by atoms with van der Waals surface area (Å²) in [6.07, 6.45) is 3.88. The highest BCUT2D eigenvalue weighted by Gasteiger charge is 2.33. The van der Waals surface area contributed by atoms with Crippen molar-refractivity contribution in [3.05, 3.63) is 60.4 Å². The van der Waals surface area contributed by atoms with Gasteiger partial charge in [-0.2, -0.15) is 5.10 Å². The minimum atomic E-state index is -0.601. The van der Waals surface area contributed by atoms with Gasteiger partial charge in [-0.25, -0.2) is 9.67 Å². The van der Waals surface area contributed by atoms with E-state index in [-0.39, 0.29) is 11.6 Å². The Hall–Kier alpha value is -3.68. The summed E-state index contributed by atoms with van der Waals surface area (Å²) in [4.78, 5) is 31.0. The summed E-state index contributed by atoms with van der Waals surface area (Å²) < 4.78 is 6.81. The number of rotatable bonds is 5. The molecule has 3 aromatic rings. The lowest BCUT2D eigenvalue weighted by atomic mass is 10.0. The Morgan fingerprint density at radius 1 is 1.13 bits per heavy atom. The number of nitrogens with zero attached hydrogens (tertiary/aromatic N) is 4. The molecule has 1 atom stereocenters. The molecule has 1 saturated heterocycles. The molecule has 0 radical (unpaired) electrons. The Morgan fingerprint density at radius 3 is 2.60 bits per heavy atom. The zero-order chi connectivity index (χ0) is 21.1. The summed E-state index contributed by atoms with van der Waals surface area (Å²) >= 11 is 0. The molecule has 2 aromatic heterocycles. The molecule has 154 valence electrons. The molecule has 1 aromatic carbocycles. The molecule has 2 amide bonds. The fourth-order valence-electron chi connectivity index (χ4n) is 3.71. The van der Waals surface area contributed by atoms with Crippen LogP contribution in [0.5, 0.6) is 5.75 Å². The first-order valence-corrected chi connectivity index (χ1v) is 9.84. The van der Waals surface area contributed by atoms with Gasteiger partial charge in [0.2, 0.25) is 5.91 Å². The summed E-state index contributed by atoms with van der Waals surface area (Å²) in [5, 5.41) is 4.55. The molecule has 8 heteroatoms. The fourth-order valence-corrected chi connectivity index (χ4v) is 3.71. The number of benzene rings is 1. The average Bonchev–Trinajstić information content (AvgIpc) is 3.24. The second kappa shape index (κ2) is 8.36. The van der Waals surface area contributed by atoms with Crippen molar-refractivity contribution in [1.82, 2.24) is 19.7 Å². The number of likely N-dealkylation sites (tertiary alicyclic amines) is 1. The first-order valence-electron chi connectivity index (χ1n) is 9.84. The van der Waals surface area contributed by atoms with Gasteiger partial charge < -0.3 is 15.4 Å². The van der Waals surface area contributed by atoms with Gasteiger partial charge in [-0.1, -0.05) is 30.3 Å². The Balaban J connectivity index is 1.76. The Morgan fingerprint density at radius 2 is 1.93 bits per heavy atom. The zero-order valence-corrected chi connectivity index (χ0v) is 16.7. The minimum Gasteiger partial charge on any atom is -0.495 e. The van der Waals surface area contributed by atoms with Crippen LogP contribution < -0.4 is 10.5 Å². The number of aromatic nitrogens is 3. The van der Waals surface area contributed by atoms with Gasteiger partial charge in [0, 0.05) is 12.1 Å². The topological polar surface area (TPSA) is 103 Å². The lowest BCUT2D eigenvalue weighted by Crippen LogP contribution is -2.50. The van der Waals surface area contributed by atoms with Crippen LogP contribution in [0, 0.1) is 0 Å². The second-order valence-corrected chi connectivity index (χ2v) is 7.16. The van der Waals surface area contributed by atoms with E-state index in [2.05, 4.69) is 10.1 Å². The number of amides is 2. The highest BCUT2D eigenvalue weighted by atomic mass is 16.5. The zero-order valence-electron chi connectivity index (χ0n) is 16.7. The maximum atomic E-state index is 13.2. The van der Waals surface area contributed by atoms with E-state index in [1.54, 1.807) is 36.2 Å². The summed E-state index contributed by atoms with van der Waals surface area (Å²) in [5.41, 5.74) is 7.41. The van der Waals surface area contributed by atoms with Crippen LogP contribution in [0.1, 0.15) is 29.8 Å². The first kappa shape index (κ1) is 19.6. The molecule has 1 unspecified atom stereocenters. The summed E-state index contributed by atoms with van der Waals surface area (Å²) in [7, 11) is 1.57. The standard InChI is InChI=1S/C22H23N5O3/c1-30-16-10-11-20(24-14-16)27-19(15-7-3-2-4-8-15)13-17(25-27)22(29)26-12-6-5-9-18(26)21(23)28/h2-4,7-8,10-11,13-14,18H,5-6,9,12H2,1H3,(H2,23,28). The van der Waals surface area contributed by atoms with E-state index in [0.717, 1.165) is 24.1 Å². The van der Waals surface area contributed by atoms with Crippen LogP contribution in [0.25, 0.3) is 17.1 Å².